The fourth-order valence-electron chi connectivity index (χ4n) is 3.22. The Morgan fingerprint density at radius 3 is 2.33 bits per heavy atom. The van der Waals surface area contributed by atoms with Gasteiger partial charge in [-0.05, 0) is 48.5 Å². The number of benzene rings is 3. The smallest absolute Gasteiger partial charge is 0.337 e. The average molecular weight is 486 g/mol. The number of nitrogens with one attached hydrogen (secondary N) is 1. The van der Waals surface area contributed by atoms with Crippen LogP contribution in [0.1, 0.15) is 36.6 Å². The topological polar surface area (TPSA) is 118 Å². The van der Waals surface area contributed by atoms with Gasteiger partial charge in [-0.25, -0.2) is 13.2 Å². The first-order valence-corrected chi connectivity index (χ1v) is 10.8. The van der Waals surface area contributed by atoms with E-state index in [9.17, 15) is 27.9 Å². The van der Waals surface area contributed by atoms with E-state index in [0.29, 0.717) is 4.47 Å². The van der Waals surface area contributed by atoms with Crippen molar-refractivity contribution in [3.63, 3.8) is 0 Å². The Kier molecular flexibility index (Phi) is 4.79. The number of rotatable bonds is 3. The Morgan fingerprint density at radius 2 is 1.60 bits per heavy atom. The fraction of sp³-hybridized carbons (Fsp3) is 0. The van der Waals surface area contributed by atoms with Gasteiger partial charge >= 0.3 is 5.97 Å². The molecule has 0 aliphatic carbocycles. The number of hydrogen-bond donors (Lipinski definition) is 2. The molecule has 1 amide bonds. The summed E-state index contributed by atoms with van der Waals surface area (Å²) in [4.78, 5) is 36.5. The third-order valence-electron chi connectivity index (χ3n) is 4.66. The highest BCUT2D eigenvalue weighted by Crippen LogP contribution is 2.35. The highest BCUT2D eigenvalue weighted by molar-refractivity contribution is 9.10. The first-order chi connectivity index (χ1) is 14.2. The quantitative estimate of drug-likeness (QED) is 0.455. The summed E-state index contributed by atoms with van der Waals surface area (Å²) in [5.74, 6) is -2.38. The molecule has 0 atom stereocenters. The molecule has 30 heavy (non-hydrogen) atoms. The second kappa shape index (κ2) is 7.19. The molecule has 0 fully saturated rings. The number of carbonyl (C=O) groups is 3. The van der Waals surface area contributed by atoms with Gasteiger partial charge in [0.1, 0.15) is 0 Å². The van der Waals surface area contributed by atoms with Crippen molar-refractivity contribution in [2.45, 2.75) is 9.79 Å². The van der Waals surface area contributed by atoms with E-state index in [1.807, 2.05) is 0 Å². The van der Waals surface area contributed by atoms with E-state index in [-0.39, 0.29) is 37.7 Å². The molecule has 0 spiro atoms. The Bertz CT molecular complexity index is 1360. The Morgan fingerprint density at radius 1 is 0.900 bits per heavy atom. The SMILES string of the molecule is O=C(Nc1ccc(Br)cc1C(=O)O)c1ccc2c(c1)S(=O)(=O)c1ccccc1C2=O. The minimum Gasteiger partial charge on any atom is -0.478 e. The molecular weight excluding hydrogens is 474 g/mol. The molecule has 9 heteroatoms. The van der Waals surface area contributed by atoms with E-state index in [1.54, 1.807) is 12.1 Å². The predicted octanol–water partition coefficient (Wildman–Crippen LogP) is 3.78. The number of fused-ring (bicyclic) bond motifs is 2. The summed E-state index contributed by atoms with van der Waals surface area (Å²) in [5, 5.41) is 11.8. The van der Waals surface area contributed by atoms with Gasteiger partial charge in [0.05, 0.1) is 21.0 Å². The molecule has 0 aromatic heterocycles. The maximum Gasteiger partial charge on any atom is 0.337 e. The Hall–Kier alpha value is -3.30. The largest absolute Gasteiger partial charge is 0.478 e. The highest BCUT2D eigenvalue weighted by atomic mass is 79.9. The lowest BCUT2D eigenvalue weighted by atomic mass is 10.0. The van der Waals surface area contributed by atoms with Gasteiger partial charge in [0.25, 0.3) is 5.91 Å². The lowest BCUT2D eigenvalue weighted by molar-refractivity contribution is 0.0697. The van der Waals surface area contributed by atoms with Crippen molar-refractivity contribution >= 4 is 49.1 Å². The molecule has 0 saturated carbocycles. The molecule has 0 radical (unpaired) electrons. The molecule has 3 aromatic rings. The maximum absolute atomic E-state index is 13.0. The third-order valence-corrected chi connectivity index (χ3v) is 7.00. The molecular formula is C21H12BrNO6S. The summed E-state index contributed by atoms with van der Waals surface area (Å²) in [7, 11) is -3.99. The van der Waals surface area contributed by atoms with Crippen LogP contribution in [0.3, 0.4) is 0 Å². The first kappa shape index (κ1) is 20.0. The number of halogens is 1. The van der Waals surface area contributed by atoms with Gasteiger partial charge in [-0.3, -0.25) is 9.59 Å². The highest BCUT2D eigenvalue weighted by Gasteiger charge is 2.35. The van der Waals surface area contributed by atoms with E-state index in [4.69, 9.17) is 0 Å². The minimum absolute atomic E-state index is 0.0138. The van der Waals surface area contributed by atoms with E-state index in [0.717, 1.165) is 6.07 Å². The molecule has 0 bridgehead atoms. The van der Waals surface area contributed by atoms with Crippen molar-refractivity contribution in [3.05, 3.63) is 87.4 Å². The number of carboxylic acids is 1. The molecule has 2 N–H and O–H groups in total. The fourth-order valence-corrected chi connectivity index (χ4v) is 5.26. The zero-order valence-corrected chi connectivity index (χ0v) is 17.5. The van der Waals surface area contributed by atoms with Crippen LogP contribution in [-0.2, 0) is 9.84 Å². The van der Waals surface area contributed by atoms with E-state index in [2.05, 4.69) is 21.2 Å². The lowest BCUT2D eigenvalue weighted by Crippen LogP contribution is -2.22. The van der Waals surface area contributed by atoms with Gasteiger partial charge in [-0.2, -0.15) is 0 Å². The van der Waals surface area contributed by atoms with Gasteiger partial charge in [0.15, 0.2) is 5.78 Å². The van der Waals surface area contributed by atoms with Gasteiger partial charge in [0, 0.05) is 21.2 Å². The molecule has 0 unspecified atom stereocenters. The zero-order valence-electron chi connectivity index (χ0n) is 15.0. The molecule has 1 heterocycles. The number of anilines is 1. The van der Waals surface area contributed by atoms with Crippen LogP contribution < -0.4 is 5.32 Å². The maximum atomic E-state index is 13.0. The van der Waals surface area contributed by atoms with E-state index < -0.39 is 27.5 Å². The van der Waals surface area contributed by atoms with Gasteiger partial charge < -0.3 is 10.4 Å². The monoisotopic (exact) mass is 485 g/mol. The summed E-state index contributed by atoms with van der Waals surface area (Å²) in [6, 6.07) is 14.0. The van der Waals surface area contributed by atoms with Crippen molar-refractivity contribution in [2.75, 3.05) is 5.32 Å². The standard InChI is InChI=1S/C21H12BrNO6S/c22-12-6-8-16(15(10-12)21(26)27)23-20(25)11-5-7-14-18(9-11)30(28,29)17-4-2-1-3-13(17)19(14)24/h1-10H,(H,23,25)(H,26,27). The Balaban J connectivity index is 1.76. The molecule has 7 nitrogen and oxygen atoms in total. The van der Waals surface area contributed by atoms with Gasteiger partial charge in [0.2, 0.25) is 9.84 Å². The lowest BCUT2D eigenvalue weighted by Gasteiger charge is -2.19. The van der Waals surface area contributed by atoms with E-state index >= 15 is 0 Å². The normalized spacial score (nSPS) is 13.8. The number of carbonyl (C=O) groups excluding carboxylic acids is 2. The van der Waals surface area contributed by atoms with Crippen molar-refractivity contribution in [1.82, 2.24) is 0 Å². The molecule has 1 aliphatic heterocycles. The molecule has 150 valence electrons. The number of ketones is 1. The van der Waals surface area contributed by atoms with Crippen LogP contribution in [0, 0.1) is 0 Å². The van der Waals surface area contributed by atoms with Crippen LogP contribution in [-0.4, -0.2) is 31.2 Å². The van der Waals surface area contributed by atoms with Crippen LogP contribution in [0.5, 0.6) is 0 Å². The number of sulfone groups is 1. The van der Waals surface area contributed by atoms with Crippen LogP contribution in [0.15, 0.2) is 74.9 Å². The molecule has 3 aromatic carbocycles. The third kappa shape index (κ3) is 3.21. The number of amides is 1. The minimum atomic E-state index is -3.99. The molecule has 0 saturated heterocycles. The summed E-state index contributed by atoms with van der Waals surface area (Å²) < 4.78 is 26.5. The first-order valence-electron chi connectivity index (χ1n) is 8.57. The summed E-state index contributed by atoms with van der Waals surface area (Å²) in [6.45, 7) is 0. The van der Waals surface area contributed by atoms with Gasteiger partial charge in [-0.1, -0.05) is 28.1 Å². The van der Waals surface area contributed by atoms with E-state index in [1.165, 1.54) is 42.5 Å². The second-order valence-electron chi connectivity index (χ2n) is 6.49. The van der Waals surface area contributed by atoms with Crippen molar-refractivity contribution < 1.29 is 27.9 Å². The zero-order chi connectivity index (χ0) is 21.6. The Labute approximate surface area is 179 Å². The summed E-state index contributed by atoms with van der Waals surface area (Å²) in [5.41, 5.74) is -0.0304. The van der Waals surface area contributed by atoms with Gasteiger partial charge in [-0.15, -0.1) is 0 Å². The summed E-state index contributed by atoms with van der Waals surface area (Å²) >= 11 is 3.17. The van der Waals surface area contributed by atoms with Crippen molar-refractivity contribution in [3.8, 4) is 0 Å². The van der Waals surface area contributed by atoms with Crippen LogP contribution in [0.4, 0.5) is 5.69 Å². The second-order valence-corrected chi connectivity index (χ2v) is 9.29. The van der Waals surface area contributed by atoms with Crippen LogP contribution >= 0.6 is 15.9 Å². The number of aromatic carboxylic acids is 1. The number of carboxylic acid groups (broad SMARTS) is 1. The van der Waals surface area contributed by atoms with Crippen molar-refractivity contribution in [2.24, 2.45) is 0 Å². The number of hydrogen-bond acceptors (Lipinski definition) is 5. The van der Waals surface area contributed by atoms with Crippen LogP contribution in [0.2, 0.25) is 0 Å². The molecule has 1 aliphatic rings. The summed E-state index contributed by atoms with van der Waals surface area (Å²) in [6.07, 6.45) is 0. The average Bonchev–Trinajstić information content (AvgIpc) is 2.73. The predicted molar refractivity (Wildman–Crippen MR) is 111 cm³/mol. The molecule has 4 rings (SSSR count). The van der Waals surface area contributed by atoms with Crippen LogP contribution in [0.25, 0.3) is 0 Å². The van der Waals surface area contributed by atoms with Crippen molar-refractivity contribution in [1.29, 1.82) is 0 Å².